The maximum absolute atomic E-state index is 4.19. The van der Waals surface area contributed by atoms with Gasteiger partial charge in [-0.1, -0.05) is 26.2 Å². The molecule has 1 aromatic rings. The van der Waals surface area contributed by atoms with Gasteiger partial charge in [-0.05, 0) is 32.2 Å². The van der Waals surface area contributed by atoms with Gasteiger partial charge in [0.1, 0.15) is 0 Å². The lowest BCUT2D eigenvalue weighted by atomic mass is 10.0. The highest BCUT2D eigenvalue weighted by molar-refractivity contribution is 7.99. The minimum absolute atomic E-state index is 0.618. The van der Waals surface area contributed by atoms with Crippen molar-refractivity contribution in [3.05, 3.63) is 16.6 Å². The molecule has 1 aromatic heterocycles. The fourth-order valence-corrected chi connectivity index (χ4v) is 4.69. The summed E-state index contributed by atoms with van der Waals surface area (Å²) in [7, 11) is 0. The summed E-state index contributed by atoms with van der Waals surface area (Å²) in [6, 6.07) is 0.618. The molecule has 1 aliphatic rings. The van der Waals surface area contributed by atoms with Crippen molar-refractivity contribution in [2.45, 2.75) is 63.2 Å². The second-order valence-electron chi connectivity index (χ2n) is 5.42. The molecule has 19 heavy (non-hydrogen) atoms. The van der Waals surface area contributed by atoms with E-state index in [2.05, 4.69) is 29.0 Å². The predicted molar refractivity (Wildman–Crippen MR) is 87.2 cm³/mol. The molecule has 2 rings (SSSR count). The van der Waals surface area contributed by atoms with Gasteiger partial charge in [0, 0.05) is 28.1 Å². The Kier molecular flexibility index (Phi) is 7.25. The lowest BCUT2D eigenvalue weighted by molar-refractivity contribution is 0.512. The lowest BCUT2D eigenvalue weighted by Gasteiger charge is -2.24. The van der Waals surface area contributed by atoms with E-state index in [9.17, 15) is 0 Å². The molecular formula is C15H26N2S2. The maximum Gasteiger partial charge on any atom is 0.0794 e. The molecule has 1 fully saturated rings. The fourth-order valence-electron chi connectivity index (χ4n) is 2.61. The van der Waals surface area contributed by atoms with E-state index in [1.54, 1.807) is 11.3 Å². The summed E-state index contributed by atoms with van der Waals surface area (Å²) in [4.78, 5) is 5.60. The molecular weight excluding hydrogens is 272 g/mol. The average molecular weight is 299 g/mol. The first-order chi connectivity index (χ1) is 9.38. The summed E-state index contributed by atoms with van der Waals surface area (Å²) in [5, 5.41) is 4.62. The largest absolute Gasteiger partial charge is 0.313 e. The van der Waals surface area contributed by atoms with E-state index < -0.39 is 0 Å². The molecule has 4 heteroatoms. The number of thioether (sulfide) groups is 1. The van der Waals surface area contributed by atoms with Crippen LogP contribution in [0.15, 0.2) is 11.7 Å². The van der Waals surface area contributed by atoms with Crippen LogP contribution in [0.5, 0.6) is 0 Å². The molecule has 0 radical (unpaired) electrons. The molecule has 0 saturated heterocycles. The van der Waals surface area contributed by atoms with Crippen molar-refractivity contribution in [2.75, 3.05) is 12.3 Å². The van der Waals surface area contributed by atoms with Crippen LogP contribution in [-0.2, 0) is 6.42 Å². The summed E-state index contributed by atoms with van der Waals surface area (Å²) in [6.07, 6.45) is 11.6. The Morgan fingerprint density at radius 2 is 2.26 bits per heavy atom. The van der Waals surface area contributed by atoms with Gasteiger partial charge in [0.05, 0.1) is 5.51 Å². The van der Waals surface area contributed by atoms with E-state index in [-0.39, 0.29) is 0 Å². The fraction of sp³-hybridized carbons (Fsp3) is 0.800. The molecule has 1 atom stereocenters. The minimum Gasteiger partial charge on any atom is -0.313 e. The Morgan fingerprint density at radius 3 is 2.95 bits per heavy atom. The van der Waals surface area contributed by atoms with Gasteiger partial charge in [-0.2, -0.15) is 11.8 Å². The Labute approximate surface area is 125 Å². The summed E-state index contributed by atoms with van der Waals surface area (Å²) < 4.78 is 0. The van der Waals surface area contributed by atoms with Gasteiger partial charge in [-0.15, -0.1) is 11.3 Å². The van der Waals surface area contributed by atoms with Gasteiger partial charge < -0.3 is 5.32 Å². The zero-order chi connectivity index (χ0) is 13.3. The van der Waals surface area contributed by atoms with E-state index in [0.717, 1.165) is 18.2 Å². The second kappa shape index (κ2) is 8.98. The molecule has 108 valence electrons. The third-order valence-electron chi connectivity index (χ3n) is 3.70. The number of rotatable bonds is 8. The van der Waals surface area contributed by atoms with Crippen LogP contribution in [0, 0.1) is 0 Å². The average Bonchev–Trinajstić information content (AvgIpc) is 2.96. The molecule has 0 bridgehead atoms. The van der Waals surface area contributed by atoms with Crippen molar-refractivity contribution in [1.29, 1.82) is 0 Å². The number of thiazole rings is 1. The van der Waals surface area contributed by atoms with E-state index >= 15 is 0 Å². The Morgan fingerprint density at radius 1 is 1.42 bits per heavy atom. The van der Waals surface area contributed by atoms with Crippen LogP contribution in [0.25, 0.3) is 0 Å². The highest BCUT2D eigenvalue weighted by Gasteiger charge is 2.17. The number of nitrogens with zero attached hydrogens (tertiary/aromatic N) is 1. The third kappa shape index (κ3) is 5.84. The number of hydrogen-bond acceptors (Lipinski definition) is 4. The van der Waals surface area contributed by atoms with Crippen molar-refractivity contribution in [3.8, 4) is 0 Å². The summed E-state index contributed by atoms with van der Waals surface area (Å²) in [6.45, 7) is 3.37. The molecule has 2 nitrogen and oxygen atoms in total. The van der Waals surface area contributed by atoms with Crippen molar-refractivity contribution in [2.24, 2.45) is 0 Å². The highest BCUT2D eigenvalue weighted by atomic mass is 32.2. The maximum atomic E-state index is 4.19. The molecule has 1 heterocycles. The van der Waals surface area contributed by atoms with Gasteiger partial charge in [0.2, 0.25) is 0 Å². The first-order valence-corrected chi connectivity index (χ1v) is 9.53. The molecule has 1 saturated carbocycles. The normalized spacial score (nSPS) is 18.6. The van der Waals surface area contributed by atoms with Crippen LogP contribution in [0.1, 0.15) is 50.3 Å². The molecule has 1 N–H and O–H groups in total. The van der Waals surface area contributed by atoms with Crippen molar-refractivity contribution in [1.82, 2.24) is 10.3 Å². The Hall–Kier alpha value is -0.0600. The van der Waals surface area contributed by atoms with Gasteiger partial charge >= 0.3 is 0 Å². The third-order valence-corrected chi connectivity index (χ3v) is 6.04. The summed E-state index contributed by atoms with van der Waals surface area (Å²) >= 11 is 3.99. The molecule has 1 aliphatic carbocycles. The SMILES string of the molecule is CCCNC(CSC1CCCCC1)Cc1cncs1. The van der Waals surface area contributed by atoms with Crippen LogP contribution in [-0.4, -0.2) is 28.6 Å². The van der Waals surface area contributed by atoms with Crippen LogP contribution >= 0.6 is 23.1 Å². The monoisotopic (exact) mass is 298 g/mol. The van der Waals surface area contributed by atoms with Crippen LogP contribution < -0.4 is 5.32 Å². The van der Waals surface area contributed by atoms with E-state index in [4.69, 9.17) is 0 Å². The van der Waals surface area contributed by atoms with Gasteiger partial charge in [-0.3, -0.25) is 4.98 Å². The van der Waals surface area contributed by atoms with E-state index in [1.807, 2.05) is 11.7 Å². The first-order valence-electron chi connectivity index (χ1n) is 7.61. The van der Waals surface area contributed by atoms with Crippen molar-refractivity contribution < 1.29 is 0 Å². The molecule has 0 spiro atoms. The zero-order valence-corrected chi connectivity index (χ0v) is 13.6. The van der Waals surface area contributed by atoms with Crippen LogP contribution in [0.3, 0.4) is 0 Å². The Bertz CT molecular complexity index is 321. The standard InChI is InChI=1S/C15H26N2S2/c1-2-8-17-13(9-15-10-16-12-19-15)11-18-14-6-4-3-5-7-14/h10,12-14,17H,2-9,11H2,1H3. The van der Waals surface area contributed by atoms with E-state index in [1.165, 1.54) is 49.2 Å². The van der Waals surface area contributed by atoms with E-state index in [0.29, 0.717) is 6.04 Å². The highest BCUT2D eigenvalue weighted by Crippen LogP contribution is 2.29. The quantitative estimate of drug-likeness (QED) is 0.781. The topological polar surface area (TPSA) is 24.9 Å². The van der Waals surface area contributed by atoms with Crippen molar-refractivity contribution in [3.63, 3.8) is 0 Å². The second-order valence-corrected chi connectivity index (χ2v) is 7.72. The number of aromatic nitrogens is 1. The molecule has 0 aromatic carbocycles. The zero-order valence-electron chi connectivity index (χ0n) is 11.9. The smallest absolute Gasteiger partial charge is 0.0794 e. The van der Waals surface area contributed by atoms with Crippen LogP contribution in [0.4, 0.5) is 0 Å². The minimum atomic E-state index is 0.618. The summed E-state index contributed by atoms with van der Waals surface area (Å²) in [5.74, 6) is 1.25. The number of nitrogens with one attached hydrogen (secondary N) is 1. The predicted octanol–water partition coefficient (Wildman–Crippen LogP) is 4.12. The van der Waals surface area contributed by atoms with Gasteiger partial charge in [-0.25, -0.2) is 0 Å². The lowest BCUT2D eigenvalue weighted by Crippen LogP contribution is -2.34. The van der Waals surface area contributed by atoms with Gasteiger partial charge in [0.15, 0.2) is 0 Å². The Balaban J connectivity index is 1.75. The summed E-state index contributed by atoms with van der Waals surface area (Å²) in [5.41, 5.74) is 1.94. The molecule has 0 amide bonds. The first kappa shape index (κ1) is 15.3. The van der Waals surface area contributed by atoms with Crippen molar-refractivity contribution >= 4 is 23.1 Å². The van der Waals surface area contributed by atoms with Crippen LogP contribution in [0.2, 0.25) is 0 Å². The van der Waals surface area contributed by atoms with Gasteiger partial charge in [0.25, 0.3) is 0 Å². The number of hydrogen-bond donors (Lipinski definition) is 1. The molecule has 0 aliphatic heterocycles. The molecule has 1 unspecified atom stereocenters.